The van der Waals surface area contributed by atoms with Gasteiger partial charge in [-0.25, -0.2) is 13.2 Å². The summed E-state index contributed by atoms with van der Waals surface area (Å²) in [6.45, 7) is 4.71. The summed E-state index contributed by atoms with van der Waals surface area (Å²) in [6, 6.07) is 9.42. The Balaban J connectivity index is 0.00000225. The maximum Gasteiger partial charge on any atom is 0.319 e. The molecule has 2 heterocycles. The molecule has 1 fully saturated rings. The summed E-state index contributed by atoms with van der Waals surface area (Å²) in [5.74, 6) is 0. The fourth-order valence-electron chi connectivity index (χ4n) is 3.05. The number of sulfonamides is 1. The summed E-state index contributed by atoms with van der Waals surface area (Å²) in [5, 5.41) is 5.41. The van der Waals surface area contributed by atoms with Gasteiger partial charge in [-0.2, -0.15) is 4.31 Å². The predicted molar refractivity (Wildman–Crippen MR) is 119 cm³/mol. The molecular weight excluding hydrogens is 404 g/mol. The van der Waals surface area contributed by atoms with Crippen molar-refractivity contribution in [2.75, 3.05) is 18.4 Å². The molecule has 166 valence electrons. The van der Waals surface area contributed by atoms with Crippen molar-refractivity contribution < 1.29 is 17.9 Å². The first-order chi connectivity index (χ1) is 13.3. The van der Waals surface area contributed by atoms with Crippen molar-refractivity contribution in [3.05, 3.63) is 54.4 Å². The number of nitrogens with zero attached hydrogens (tertiary/aromatic N) is 2. The molecule has 2 N–H and O–H groups in total. The van der Waals surface area contributed by atoms with E-state index in [4.69, 9.17) is 4.74 Å². The zero-order chi connectivity index (χ0) is 20.1. The standard InChI is InChI=1S/C19H24N4O4S.2CH4/c1-14-12-23(13-15(2)27-14)28(25,26)18-7-5-17(6-8-18)22-19(24)21-11-16-4-3-9-20-10-16;;/h3-10,14-15H,11-13H2,1-2H3,(H2,21,22,24);2*1H4/t14-,15+;;. The smallest absolute Gasteiger partial charge is 0.319 e. The molecule has 30 heavy (non-hydrogen) atoms. The number of carbonyl (C=O) groups excluding carboxylic acids is 1. The Morgan fingerprint density at radius 1 is 1.13 bits per heavy atom. The number of benzene rings is 1. The topological polar surface area (TPSA) is 101 Å². The van der Waals surface area contributed by atoms with Crippen molar-refractivity contribution in [2.24, 2.45) is 0 Å². The summed E-state index contributed by atoms with van der Waals surface area (Å²) in [7, 11) is -3.60. The SMILES string of the molecule is C.C.C[C@@H]1CN(S(=O)(=O)c2ccc(NC(=O)NCc3cccnc3)cc2)C[C@H](C)O1. The summed E-state index contributed by atoms with van der Waals surface area (Å²) in [4.78, 5) is 16.2. The van der Waals surface area contributed by atoms with Crippen LogP contribution in [0.3, 0.4) is 0 Å². The fourth-order valence-corrected chi connectivity index (χ4v) is 4.64. The van der Waals surface area contributed by atoms with Crippen LogP contribution < -0.4 is 10.6 Å². The van der Waals surface area contributed by atoms with Gasteiger partial charge in [0.15, 0.2) is 0 Å². The molecule has 8 nitrogen and oxygen atoms in total. The molecule has 0 saturated carbocycles. The van der Waals surface area contributed by atoms with E-state index in [0.717, 1.165) is 5.56 Å². The number of nitrogens with one attached hydrogen (secondary N) is 2. The number of morpholine rings is 1. The lowest BCUT2D eigenvalue weighted by Crippen LogP contribution is -2.48. The second-order valence-electron chi connectivity index (χ2n) is 6.77. The van der Waals surface area contributed by atoms with Gasteiger partial charge in [0.05, 0.1) is 17.1 Å². The van der Waals surface area contributed by atoms with Crippen LogP contribution in [-0.2, 0) is 21.3 Å². The molecule has 2 atom stereocenters. The van der Waals surface area contributed by atoms with Crippen molar-refractivity contribution >= 4 is 21.7 Å². The van der Waals surface area contributed by atoms with Gasteiger partial charge in [-0.15, -0.1) is 0 Å². The predicted octanol–water partition coefficient (Wildman–Crippen LogP) is 3.47. The Labute approximate surface area is 179 Å². The molecule has 1 aliphatic heterocycles. The quantitative estimate of drug-likeness (QED) is 0.747. The van der Waals surface area contributed by atoms with Crippen LogP contribution in [0.2, 0.25) is 0 Å². The van der Waals surface area contributed by atoms with Gasteiger partial charge >= 0.3 is 6.03 Å². The van der Waals surface area contributed by atoms with Gasteiger partial charge in [0.2, 0.25) is 10.0 Å². The Kier molecular flexibility index (Phi) is 9.41. The minimum atomic E-state index is -3.60. The summed E-state index contributed by atoms with van der Waals surface area (Å²) in [5.41, 5.74) is 1.39. The molecule has 1 aliphatic rings. The first kappa shape index (κ1) is 25.5. The first-order valence-electron chi connectivity index (χ1n) is 9.04. The van der Waals surface area contributed by atoms with E-state index in [1.54, 1.807) is 30.6 Å². The Hall–Kier alpha value is -2.49. The van der Waals surface area contributed by atoms with E-state index in [9.17, 15) is 13.2 Å². The highest BCUT2D eigenvalue weighted by Gasteiger charge is 2.32. The number of hydrogen-bond acceptors (Lipinski definition) is 5. The second kappa shape index (κ2) is 11.1. The highest BCUT2D eigenvalue weighted by atomic mass is 32.2. The maximum absolute atomic E-state index is 12.8. The van der Waals surface area contributed by atoms with Crippen LogP contribution in [-0.4, -0.2) is 49.0 Å². The average Bonchev–Trinajstić information content (AvgIpc) is 2.67. The maximum atomic E-state index is 12.8. The van der Waals surface area contributed by atoms with Crippen LogP contribution in [0, 0.1) is 0 Å². The number of rotatable bonds is 5. The Morgan fingerprint density at radius 3 is 2.33 bits per heavy atom. The third kappa shape index (κ3) is 6.51. The molecule has 0 unspecified atom stereocenters. The molecular formula is C21H32N4O4S. The molecule has 1 aromatic carbocycles. The minimum Gasteiger partial charge on any atom is -0.373 e. The monoisotopic (exact) mass is 436 g/mol. The van der Waals surface area contributed by atoms with Crippen LogP contribution in [0.25, 0.3) is 0 Å². The van der Waals surface area contributed by atoms with Gasteiger partial charge in [0.1, 0.15) is 0 Å². The lowest BCUT2D eigenvalue weighted by molar-refractivity contribution is -0.0440. The van der Waals surface area contributed by atoms with Gasteiger partial charge < -0.3 is 15.4 Å². The van der Waals surface area contributed by atoms with Gasteiger partial charge in [0.25, 0.3) is 0 Å². The molecule has 0 spiro atoms. The van der Waals surface area contributed by atoms with Crippen molar-refractivity contribution in [1.29, 1.82) is 0 Å². The minimum absolute atomic E-state index is 0. The van der Waals surface area contributed by atoms with E-state index in [1.807, 2.05) is 19.9 Å². The third-order valence-electron chi connectivity index (χ3n) is 4.31. The zero-order valence-electron chi connectivity index (χ0n) is 15.8. The zero-order valence-corrected chi connectivity index (χ0v) is 16.6. The van der Waals surface area contributed by atoms with Crippen LogP contribution in [0.5, 0.6) is 0 Å². The Morgan fingerprint density at radius 2 is 1.77 bits per heavy atom. The number of amides is 2. The second-order valence-corrected chi connectivity index (χ2v) is 8.71. The van der Waals surface area contributed by atoms with Gasteiger partial charge in [0, 0.05) is 37.7 Å². The number of anilines is 1. The van der Waals surface area contributed by atoms with Crippen molar-refractivity contribution in [2.45, 2.75) is 52.3 Å². The molecule has 2 aromatic rings. The molecule has 1 saturated heterocycles. The van der Waals surface area contributed by atoms with Crippen LogP contribution in [0.4, 0.5) is 10.5 Å². The molecule has 1 aromatic heterocycles. The lowest BCUT2D eigenvalue weighted by Gasteiger charge is -2.34. The highest BCUT2D eigenvalue weighted by molar-refractivity contribution is 7.89. The van der Waals surface area contributed by atoms with E-state index >= 15 is 0 Å². The number of hydrogen-bond donors (Lipinski definition) is 2. The van der Waals surface area contributed by atoms with E-state index in [-0.39, 0.29) is 38.0 Å². The average molecular weight is 437 g/mol. The third-order valence-corrected chi connectivity index (χ3v) is 6.16. The number of urea groups is 1. The molecule has 3 rings (SSSR count). The van der Waals surface area contributed by atoms with Crippen molar-refractivity contribution in [1.82, 2.24) is 14.6 Å². The fraction of sp³-hybridized carbons (Fsp3) is 0.429. The number of pyridine rings is 1. The molecule has 0 bridgehead atoms. The van der Waals surface area contributed by atoms with E-state index in [1.165, 1.54) is 16.4 Å². The van der Waals surface area contributed by atoms with Crippen LogP contribution in [0.1, 0.15) is 34.3 Å². The lowest BCUT2D eigenvalue weighted by atomic mass is 10.3. The van der Waals surface area contributed by atoms with E-state index < -0.39 is 10.0 Å². The molecule has 9 heteroatoms. The highest BCUT2D eigenvalue weighted by Crippen LogP contribution is 2.22. The number of ether oxygens (including phenoxy) is 1. The first-order valence-corrected chi connectivity index (χ1v) is 10.5. The van der Waals surface area contributed by atoms with Crippen molar-refractivity contribution in [3.63, 3.8) is 0 Å². The summed E-state index contributed by atoms with van der Waals surface area (Å²) in [6.07, 6.45) is 3.04. The molecule has 2 amide bonds. The van der Waals surface area contributed by atoms with Crippen LogP contribution >= 0.6 is 0 Å². The normalized spacial score (nSPS) is 19.1. The summed E-state index contributed by atoms with van der Waals surface area (Å²) < 4.78 is 32.7. The molecule has 0 radical (unpaired) electrons. The number of carbonyl (C=O) groups is 1. The van der Waals surface area contributed by atoms with Gasteiger partial charge in [-0.3, -0.25) is 4.98 Å². The van der Waals surface area contributed by atoms with Gasteiger partial charge in [-0.05, 0) is 49.7 Å². The van der Waals surface area contributed by atoms with E-state index in [0.29, 0.717) is 25.3 Å². The Bertz CT molecular complexity index is 894. The molecule has 0 aliphatic carbocycles. The van der Waals surface area contributed by atoms with Crippen molar-refractivity contribution in [3.8, 4) is 0 Å². The summed E-state index contributed by atoms with van der Waals surface area (Å²) >= 11 is 0. The largest absolute Gasteiger partial charge is 0.373 e. The van der Waals surface area contributed by atoms with Crippen LogP contribution in [0.15, 0.2) is 53.7 Å². The number of aromatic nitrogens is 1. The van der Waals surface area contributed by atoms with Gasteiger partial charge in [-0.1, -0.05) is 20.9 Å². The van der Waals surface area contributed by atoms with E-state index in [2.05, 4.69) is 15.6 Å².